The summed E-state index contributed by atoms with van der Waals surface area (Å²) < 4.78 is 0. The lowest BCUT2D eigenvalue weighted by molar-refractivity contribution is -0.709. The number of hydrogen-bond acceptors (Lipinski definition) is 3. The second-order valence-corrected chi connectivity index (χ2v) is 8.28. The largest absolute Gasteiger partial charge is 0.334 e. The number of aromatic nitrogens is 2. The monoisotopic (exact) mass is 354 g/mol. The van der Waals surface area contributed by atoms with Crippen molar-refractivity contribution >= 4 is 21.6 Å². The van der Waals surface area contributed by atoms with E-state index >= 15 is 0 Å². The number of fused-ring (bicyclic) bond motifs is 3. The molecule has 0 saturated heterocycles. The van der Waals surface area contributed by atoms with Crippen LogP contribution in [-0.2, 0) is 19.4 Å². The predicted molar refractivity (Wildman–Crippen MR) is 102 cm³/mol. The van der Waals surface area contributed by atoms with Crippen molar-refractivity contribution in [2.75, 3.05) is 0 Å². The number of H-pyrrole nitrogens is 1. The Hall–Kier alpha value is -1.98. The summed E-state index contributed by atoms with van der Waals surface area (Å²) in [4.78, 5) is 22.8. The zero-order valence-electron chi connectivity index (χ0n) is 14.7. The van der Waals surface area contributed by atoms with Crippen LogP contribution in [0.25, 0.3) is 10.2 Å². The molecule has 25 heavy (non-hydrogen) atoms. The van der Waals surface area contributed by atoms with Gasteiger partial charge in [0.1, 0.15) is 17.4 Å². The molecule has 0 fully saturated rings. The normalized spacial score (nSPS) is 18.2. The summed E-state index contributed by atoms with van der Waals surface area (Å²) in [7, 11) is 0. The molecule has 3 N–H and O–H groups in total. The summed E-state index contributed by atoms with van der Waals surface area (Å²) in [5.41, 5.74) is 2.56. The van der Waals surface area contributed by atoms with Crippen molar-refractivity contribution in [3.63, 3.8) is 0 Å². The van der Waals surface area contributed by atoms with E-state index in [2.05, 4.69) is 48.4 Å². The summed E-state index contributed by atoms with van der Waals surface area (Å²) >= 11 is 1.72. The first-order chi connectivity index (χ1) is 12.1. The molecular weight excluding hydrogens is 330 g/mol. The lowest BCUT2D eigenvalue weighted by atomic mass is 9.89. The second-order valence-electron chi connectivity index (χ2n) is 7.20. The van der Waals surface area contributed by atoms with Gasteiger partial charge in [-0.25, -0.2) is 4.98 Å². The van der Waals surface area contributed by atoms with E-state index in [-0.39, 0.29) is 11.6 Å². The quantitative estimate of drug-likeness (QED) is 0.757. The van der Waals surface area contributed by atoms with Gasteiger partial charge >= 0.3 is 0 Å². The Morgan fingerprint density at radius 3 is 2.96 bits per heavy atom. The van der Waals surface area contributed by atoms with Gasteiger partial charge in [0.25, 0.3) is 5.56 Å². The molecule has 2 aromatic heterocycles. The molecule has 1 aromatic carbocycles. The fraction of sp³-hybridized carbons (Fsp3) is 0.400. The van der Waals surface area contributed by atoms with E-state index in [0.717, 1.165) is 35.4 Å². The molecule has 0 saturated carbocycles. The van der Waals surface area contributed by atoms with Crippen LogP contribution in [0, 0.1) is 5.92 Å². The molecule has 0 spiro atoms. The van der Waals surface area contributed by atoms with E-state index in [1.165, 1.54) is 22.4 Å². The van der Waals surface area contributed by atoms with Gasteiger partial charge in [0.05, 0.1) is 5.39 Å². The Morgan fingerprint density at radius 2 is 2.16 bits per heavy atom. The molecule has 2 atom stereocenters. The Labute approximate surface area is 151 Å². The third-order valence-corrected chi connectivity index (χ3v) is 6.31. The van der Waals surface area contributed by atoms with E-state index < -0.39 is 0 Å². The zero-order valence-corrected chi connectivity index (χ0v) is 15.5. The Balaban J connectivity index is 1.61. The van der Waals surface area contributed by atoms with Gasteiger partial charge < -0.3 is 10.3 Å². The van der Waals surface area contributed by atoms with Crippen LogP contribution < -0.4 is 10.9 Å². The van der Waals surface area contributed by atoms with Gasteiger partial charge in [-0.2, -0.15) is 0 Å². The number of quaternary nitrogens is 1. The summed E-state index contributed by atoms with van der Waals surface area (Å²) in [6.45, 7) is 5.27. The van der Waals surface area contributed by atoms with Crippen molar-refractivity contribution in [1.29, 1.82) is 0 Å². The minimum atomic E-state index is 0.0343. The molecule has 0 aliphatic heterocycles. The number of thiophene rings is 1. The predicted octanol–water partition coefficient (Wildman–Crippen LogP) is 2.93. The summed E-state index contributed by atoms with van der Waals surface area (Å²) in [6.07, 6.45) is 3.26. The number of nitrogens with zero attached hydrogens (tertiary/aromatic N) is 1. The van der Waals surface area contributed by atoms with Crippen LogP contribution >= 0.6 is 11.3 Å². The molecule has 5 heteroatoms. The third-order valence-electron chi connectivity index (χ3n) is 5.16. The number of aromatic amines is 1. The molecule has 0 unspecified atom stereocenters. The standard InChI is InChI=1S/C20H23N3OS/c1-12-8-9-15-16(10-12)25-20-17(15)19(24)22-18(23-20)13(2)21-11-14-6-4-3-5-7-14/h3-7,12-13,21H,8-11H2,1-2H3,(H,22,23,24)/p+1/t12-,13-/m1/s1. The average Bonchev–Trinajstić information content (AvgIpc) is 2.98. The molecule has 1 aliphatic rings. The number of hydrogen-bond donors (Lipinski definition) is 2. The first-order valence-corrected chi connectivity index (χ1v) is 9.85. The lowest BCUT2D eigenvalue weighted by Crippen LogP contribution is -2.83. The SMILES string of the molecule is C[C@@H]1CCc2c(sc3nc([C@@H](C)[NH2+]Cc4ccccc4)[nH]c(=O)c23)C1. The van der Waals surface area contributed by atoms with E-state index in [9.17, 15) is 4.79 Å². The van der Waals surface area contributed by atoms with E-state index in [4.69, 9.17) is 4.98 Å². The van der Waals surface area contributed by atoms with Crippen LogP contribution in [0.4, 0.5) is 0 Å². The van der Waals surface area contributed by atoms with E-state index in [1.807, 2.05) is 6.07 Å². The number of rotatable bonds is 4. The van der Waals surface area contributed by atoms with Crippen LogP contribution in [-0.4, -0.2) is 9.97 Å². The summed E-state index contributed by atoms with van der Waals surface area (Å²) in [5, 5.41) is 3.06. The molecule has 2 heterocycles. The maximum atomic E-state index is 12.7. The second kappa shape index (κ2) is 6.73. The van der Waals surface area contributed by atoms with E-state index in [0.29, 0.717) is 5.92 Å². The molecule has 4 rings (SSSR count). The van der Waals surface area contributed by atoms with Crippen LogP contribution in [0.3, 0.4) is 0 Å². The van der Waals surface area contributed by atoms with Gasteiger partial charge in [0.2, 0.25) is 0 Å². The molecule has 4 nitrogen and oxygen atoms in total. The highest BCUT2D eigenvalue weighted by Gasteiger charge is 2.24. The van der Waals surface area contributed by atoms with Gasteiger partial charge in [0.15, 0.2) is 5.82 Å². The van der Waals surface area contributed by atoms with Crippen LogP contribution in [0.1, 0.15) is 48.1 Å². The van der Waals surface area contributed by atoms with Crippen molar-refractivity contribution in [3.05, 3.63) is 62.5 Å². The van der Waals surface area contributed by atoms with Crippen LogP contribution in [0.2, 0.25) is 0 Å². The Kier molecular flexibility index (Phi) is 4.44. The highest BCUT2D eigenvalue weighted by atomic mass is 32.1. The maximum absolute atomic E-state index is 12.7. The van der Waals surface area contributed by atoms with Crippen molar-refractivity contribution in [1.82, 2.24) is 9.97 Å². The van der Waals surface area contributed by atoms with E-state index in [1.54, 1.807) is 11.3 Å². The summed E-state index contributed by atoms with van der Waals surface area (Å²) in [6, 6.07) is 10.5. The number of aryl methyl sites for hydroxylation is 1. The minimum absolute atomic E-state index is 0.0343. The molecular formula is C20H24N3OS+. The van der Waals surface area contributed by atoms with Gasteiger partial charge in [-0.1, -0.05) is 37.3 Å². The molecule has 0 amide bonds. The van der Waals surface area contributed by atoms with Gasteiger partial charge in [-0.15, -0.1) is 11.3 Å². The molecule has 130 valence electrons. The van der Waals surface area contributed by atoms with Crippen molar-refractivity contribution < 1.29 is 5.32 Å². The first-order valence-electron chi connectivity index (χ1n) is 9.03. The molecule has 0 bridgehead atoms. The third kappa shape index (κ3) is 3.26. The number of nitrogens with one attached hydrogen (secondary N) is 1. The van der Waals surface area contributed by atoms with Crippen LogP contribution in [0.15, 0.2) is 35.1 Å². The minimum Gasteiger partial charge on any atom is -0.334 e. The summed E-state index contributed by atoms with van der Waals surface area (Å²) in [5.74, 6) is 1.48. The van der Waals surface area contributed by atoms with Crippen molar-refractivity contribution in [2.24, 2.45) is 5.92 Å². The Morgan fingerprint density at radius 1 is 1.36 bits per heavy atom. The van der Waals surface area contributed by atoms with Crippen molar-refractivity contribution in [2.45, 2.75) is 45.7 Å². The smallest absolute Gasteiger partial charge is 0.260 e. The van der Waals surface area contributed by atoms with Crippen molar-refractivity contribution in [3.8, 4) is 0 Å². The lowest BCUT2D eigenvalue weighted by Gasteiger charge is -2.17. The molecule has 0 radical (unpaired) electrons. The highest BCUT2D eigenvalue weighted by Crippen LogP contribution is 2.35. The number of nitrogens with two attached hydrogens (primary N) is 1. The molecule has 3 aromatic rings. The molecule has 1 aliphatic carbocycles. The zero-order chi connectivity index (χ0) is 17.4. The first kappa shape index (κ1) is 16.5. The number of benzene rings is 1. The maximum Gasteiger partial charge on any atom is 0.260 e. The fourth-order valence-electron chi connectivity index (χ4n) is 3.62. The topological polar surface area (TPSA) is 62.4 Å². The average molecular weight is 354 g/mol. The van der Waals surface area contributed by atoms with Crippen LogP contribution in [0.5, 0.6) is 0 Å². The fourth-order valence-corrected chi connectivity index (χ4v) is 5.01. The van der Waals surface area contributed by atoms with Gasteiger partial charge in [-0.3, -0.25) is 4.79 Å². The highest BCUT2D eigenvalue weighted by molar-refractivity contribution is 7.18. The van der Waals surface area contributed by atoms with Gasteiger partial charge in [-0.05, 0) is 37.7 Å². The van der Waals surface area contributed by atoms with Gasteiger partial charge in [0, 0.05) is 10.4 Å². The Bertz CT molecular complexity index is 945.